The van der Waals surface area contributed by atoms with Crippen LogP contribution in [0.15, 0.2) is 114 Å². The first-order valence-electron chi connectivity index (χ1n) is 11.4. The van der Waals surface area contributed by atoms with Crippen molar-refractivity contribution in [2.45, 2.75) is 11.8 Å². The first-order valence-corrected chi connectivity index (χ1v) is 12.9. The Balaban J connectivity index is 1.50. The Morgan fingerprint density at radius 1 is 0.778 bits per heavy atom. The van der Waals surface area contributed by atoms with Crippen LogP contribution >= 0.6 is 0 Å². The summed E-state index contributed by atoms with van der Waals surface area (Å²) in [6.45, 7) is 2.11. The zero-order valence-corrected chi connectivity index (χ0v) is 20.6. The molecule has 0 spiro atoms. The molecule has 0 atom stereocenters. The molecule has 0 radical (unpaired) electrons. The first kappa shape index (κ1) is 25.0. The number of anilines is 2. The molecule has 0 saturated carbocycles. The molecule has 0 unspecified atom stereocenters. The smallest absolute Gasteiger partial charge is 0.326 e. The number of para-hydroxylation sites is 1. The van der Waals surface area contributed by atoms with Gasteiger partial charge in [-0.3, -0.25) is 4.90 Å². The van der Waals surface area contributed by atoms with Crippen molar-refractivity contribution in [2.24, 2.45) is 0 Å². The summed E-state index contributed by atoms with van der Waals surface area (Å²) >= 11 is 0. The molecule has 4 aromatic carbocycles. The Hall–Kier alpha value is -4.14. The van der Waals surface area contributed by atoms with Crippen LogP contribution in [0.2, 0.25) is 0 Å². The fourth-order valence-corrected chi connectivity index (χ4v) is 4.51. The van der Waals surface area contributed by atoms with E-state index in [0.29, 0.717) is 22.9 Å². The maximum Gasteiger partial charge on any atom is 0.326 e. The van der Waals surface area contributed by atoms with Gasteiger partial charge in [-0.25, -0.2) is 17.9 Å². The number of aryl methyl sites for hydroxylation is 1. The van der Waals surface area contributed by atoms with Crippen LogP contribution in [0.1, 0.15) is 5.56 Å². The van der Waals surface area contributed by atoms with Crippen LogP contribution in [-0.2, 0) is 10.0 Å². The van der Waals surface area contributed by atoms with E-state index in [2.05, 4.69) is 10.0 Å². The number of ether oxygens (including phenoxy) is 1. The Morgan fingerprint density at radius 2 is 1.36 bits per heavy atom. The van der Waals surface area contributed by atoms with Gasteiger partial charge in [0.15, 0.2) is 0 Å². The van der Waals surface area contributed by atoms with Crippen molar-refractivity contribution in [3.8, 4) is 11.5 Å². The second kappa shape index (κ2) is 11.5. The highest BCUT2D eigenvalue weighted by atomic mass is 32.2. The van der Waals surface area contributed by atoms with Crippen molar-refractivity contribution in [2.75, 3.05) is 23.3 Å². The quantitative estimate of drug-likeness (QED) is 0.303. The third-order valence-corrected chi connectivity index (χ3v) is 6.83. The summed E-state index contributed by atoms with van der Waals surface area (Å²) in [6, 6.07) is 31.6. The van der Waals surface area contributed by atoms with Crippen LogP contribution in [0.5, 0.6) is 11.5 Å². The molecule has 2 N–H and O–H groups in total. The van der Waals surface area contributed by atoms with Crippen LogP contribution in [0.25, 0.3) is 0 Å². The number of hydrogen-bond acceptors (Lipinski definition) is 4. The average Bonchev–Trinajstić information content (AvgIpc) is 2.90. The van der Waals surface area contributed by atoms with E-state index in [0.717, 1.165) is 5.56 Å². The topological polar surface area (TPSA) is 87.7 Å². The Morgan fingerprint density at radius 3 is 2.00 bits per heavy atom. The zero-order chi connectivity index (χ0) is 25.4. The number of nitrogens with one attached hydrogen (secondary N) is 2. The van der Waals surface area contributed by atoms with E-state index in [1.807, 2.05) is 61.5 Å². The molecule has 0 saturated heterocycles. The van der Waals surface area contributed by atoms with E-state index in [1.54, 1.807) is 42.5 Å². The molecule has 8 heteroatoms. The first-order chi connectivity index (χ1) is 17.4. The third kappa shape index (κ3) is 6.71. The lowest BCUT2D eigenvalue weighted by molar-refractivity contribution is 0.257. The SMILES string of the molecule is Cc1ccc(NC(=O)N(CCNS(=O)(=O)c2ccccc2)c2ccc(Oc3ccccc3)cc2)cc1. The number of benzene rings is 4. The van der Waals surface area contributed by atoms with E-state index in [1.165, 1.54) is 17.0 Å². The highest BCUT2D eigenvalue weighted by Gasteiger charge is 2.19. The van der Waals surface area contributed by atoms with E-state index < -0.39 is 10.0 Å². The number of rotatable bonds is 9. The molecular weight excluding hydrogens is 474 g/mol. The van der Waals surface area contributed by atoms with E-state index in [9.17, 15) is 13.2 Å². The Labute approximate surface area is 211 Å². The van der Waals surface area contributed by atoms with E-state index in [-0.39, 0.29) is 24.0 Å². The number of carbonyl (C=O) groups is 1. The van der Waals surface area contributed by atoms with Crippen LogP contribution < -0.4 is 19.7 Å². The van der Waals surface area contributed by atoms with Gasteiger partial charge in [-0.15, -0.1) is 0 Å². The lowest BCUT2D eigenvalue weighted by Gasteiger charge is -2.24. The Bertz CT molecular complexity index is 1380. The van der Waals surface area contributed by atoms with Gasteiger partial charge in [-0.2, -0.15) is 0 Å². The molecule has 0 aromatic heterocycles. The van der Waals surface area contributed by atoms with Crippen molar-refractivity contribution in [1.29, 1.82) is 0 Å². The molecule has 0 fully saturated rings. The van der Waals surface area contributed by atoms with Crippen molar-refractivity contribution >= 4 is 27.4 Å². The monoisotopic (exact) mass is 501 g/mol. The molecule has 0 heterocycles. The Kier molecular flexibility index (Phi) is 7.99. The van der Waals surface area contributed by atoms with Gasteiger partial charge >= 0.3 is 6.03 Å². The fraction of sp³-hybridized carbons (Fsp3) is 0.107. The summed E-state index contributed by atoms with van der Waals surface area (Å²) < 4.78 is 33.6. The van der Waals surface area contributed by atoms with Crippen LogP contribution in [-0.4, -0.2) is 27.5 Å². The van der Waals surface area contributed by atoms with Gasteiger partial charge in [0.05, 0.1) is 4.90 Å². The number of hydrogen-bond donors (Lipinski definition) is 2. The van der Waals surface area contributed by atoms with Crippen LogP contribution in [0, 0.1) is 6.92 Å². The predicted molar refractivity (Wildman–Crippen MR) is 142 cm³/mol. The maximum atomic E-state index is 13.2. The van der Waals surface area contributed by atoms with Gasteiger partial charge in [-0.1, -0.05) is 54.1 Å². The number of urea groups is 1. The van der Waals surface area contributed by atoms with Gasteiger partial charge in [-0.05, 0) is 67.6 Å². The largest absolute Gasteiger partial charge is 0.457 e. The minimum absolute atomic E-state index is 0.0286. The molecule has 7 nitrogen and oxygen atoms in total. The lowest BCUT2D eigenvalue weighted by Crippen LogP contribution is -2.41. The molecule has 0 aliphatic rings. The molecule has 36 heavy (non-hydrogen) atoms. The fourth-order valence-electron chi connectivity index (χ4n) is 3.47. The molecular formula is C28H27N3O4S. The van der Waals surface area contributed by atoms with E-state index >= 15 is 0 Å². The minimum atomic E-state index is -3.70. The zero-order valence-electron chi connectivity index (χ0n) is 19.8. The predicted octanol–water partition coefficient (Wildman–Crippen LogP) is 5.80. The van der Waals surface area contributed by atoms with E-state index in [4.69, 9.17) is 4.74 Å². The summed E-state index contributed by atoms with van der Waals surface area (Å²) in [5.41, 5.74) is 2.32. The van der Waals surface area contributed by atoms with Gasteiger partial charge in [0, 0.05) is 24.5 Å². The van der Waals surface area contributed by atoms with Gasteiger partial charge < -0.3 is 10.1 Å². The summed E-state index contributed by atoms with van der Waals surface area (Å²) in [5, 5.41) is 2.88. The number of carbonyl (C=O) groups excluding carboxylic acids is 1. The van der Waals surface area contributed by atoms with Gasteiger partial charge in [0.2, 0.25) is 10.0 Å². The normalized spacial score (nSPS) is 11.0. The molecule has 4 rings (SSSR count). The highest BCUT2D eigenvalue weighted by molar-refractivity contribution is 7.89. The highest BCUT2D eigenvalue weighted by Crippen LogP contribution is 2.25. The van der Waals surface area contributed by atoms with Crippen molar-refractivity contribution < 1.29 is 17.9 Å². The summed E-state index contributed by atoms with van der Waals surface area (Å²) in [7, 11) is -3.70. The number of nitrogens with zero attached hydrogens (tertiary/aromatic N) is 1. The molecule has 0 bridgehead atoms. The number of amides is 2. The number of sulfonamides is 1. The second-order valence-electron chi connectivity index (χ2n) is 8.07. The van der Waals surface area contributed by atoms with Crippen molar-refractivity contribution in [1.82, 2.24) is 4.72 Å². The van der Waals surface area contributed by atoms with Gasteiger partial charge in [0.1, 0.15) is 11.5 Å². The molecule has 0 aliphatic heterocycles. The second-order valence-corrected chi connectivity index (χ2v) is 9.83. The van der Waals surface area contributed by atoms with Crippen LogP contribution in [0.3, 0.4) is 0 Å². The average molecular weight is 502 g/mol. The maximum absolute atomic E-state index is 13.2. The molecule has 184 valence electrons. The molecule has 2 amide bonds. The standard InChI is InChI=1S/C28H27N3O4S/c1-22-12-14-23(15-13-22)30-28(32)31(21-20-29-36(33,34)27-10-6-3-7-11-27)24-16-18-26(19-17-24)35-25-8-4-2-5-9-25/h2-19,29H,20-21H2,1H3,(H,30,32). The molecule has 0 aliphatic carbocycles. The lowest BCUT2D eigenvalue weighted by atomic mass is 10.2. The van der Waals surface area contributed by atoms with Crippen LogP contribution in [0.4, 0.5) is 16.2 Å². The van der Waals surface area contributed by atoms with Crippen molar-refractivity contribution in [3.63, 3.8) is 0 Å². The third-order valence-electron chi connectivity index (χ3n) is 5.36. The summed E-state index contributed by atoms with van der Waals surface area (Å²) in [5.74, 6) is 1.32. The van der Waals surface area contributed by atoms with Gasteiger partial charge in [0.25, 0.3) is 0 Å². The molecule has 4 aromatic rings. The summed E-state index contributed by atoms with van der Waals surface area (Å²) in [4.78, 5) is 14.9. The summed E-state index contributed by atoms with van der Waals surface area (Å²) in [6.07, 6.45) is 0. The minimum Gasteiger partial charge on any atom is -0.457 e. The van der Waals surface area contributed by atoms with Crippen molar-refractivity contribution in [3.05, 3.63) is 115 Å².